The molecule has 107 heavy (non-hydrogen) atoms. The van der Waals surface area contributed by atoms with Gasteiger partial charge in [0.2, 0.25) is 0 Å². The molecule has 1 unspecified atom stereocenters. The van der Waals surface area contributed by atoms with E-state index >= 15 is 0 Å². The van der Waals surface area contributed by atoms with Gasteiger partial charge < -0.3 is 30.4 Å². The normalized spacial score (nSPS) is 17.3. The zero-order chi connectivity index (χ0) is 78.6. The molecule has 0 aliphatic carbocycles. The highest BCUT2D eigenvalue weighted by Gasteiger charge is 2.57. The van der Waals surface area contributed by atoms with Crippen LogP contribution in [-0.2, 0) is 56.9 Å². The maximum absolute atomic E-state index is 8.20. The lowest BCUT2D eigenvalue weighted by Gasteiger charge is -2.44. The Bertz CT molecular complexity index is 4330. The topological polar surface area (TPSA) is 98.7 Å². The largest absolute Gasteiger partial charge is 0.405 e. The Morgan fingerprint density at radius 1 is 0.280 bits per heavy atom. The fourth-order valence-corrected chi connectivity index (χ4v) is 27.2. The van der Waals surface area contributed by atoms with Gasteiger partial charge in [0.1, 0.15) is 46.7 Å². The van der Waals surface area contributed by atoms with Crippen LogP contribution in [0.1, 0.15) is 252 Å². The first-order valence-corrected chi connectivity index (χ1v) is 44.9. The number of hydrogen-bond acceptors (Lipinski definition) is 9. The lowest BCUT2D eigenvalue weighted by atomic mass is 9.77. The van der Waals surface area contributed by atoms with Crippen LogP contribution < -0.4 is 29.8 Å². The van der Waals surface area contributed by atoms with Crippen molar-refractivity contribution >= 4 is 97.7 Å². The molecule has 10 aromatic rings. The summed E-state index contributed by atoms with van der Waals surface area (Å²) in [4.78, 5) is 0. The first kappa shape index (κ1) is 81.8. The van der Waals surface area contributed by atoms with Gasteiger partial charge in [-0.1, -0.05) is 353 Å². The van der Waals surface area contributed by atoms with E-state index in [0.29, 0.717) is 0 Å². The number of ether oxygens (including phenoxy) is 1. The molecule has 1 saturated heterocycles. The average Bonchev–Trinajstić information content (AvgIpc) is 1.70. The monoisotopic (exact) mass is 1520 g/mol. The minimum atomic E-state index is -3.32. The van der Waals surface area contributed by atoms with E-state index in [1.807, 2.05) is 0 Å². The van der Waals surface area contributed by atoms with E-state index in [1.165, 1.54) is 22.3 Å². The summed E-state index contributed by atoms with van der Waals surface area (Å²) in [5.74, 6) is 0. The Kier molecular flexibility index (Phi) is 22.3. The second kappa shape index (κ2) is 29.2. The maximum atomic E-state index is 8.20. The summed E-state index contributed by atoms with van der Waals surface area (Å²) >= 11 is 0. The third-order valence-electron chi connectivity index (χ3n) is 21.9. The summed E-state index contributed by atoms with van der Waals surface area (Å²) in [5, 5.41) is 7.65. The van der Waals surface area contributed by atoms with E-state index in [2.05, 4.69) is 378 Å². The van der Waals surface area contributed by atoms with Gasteiger partial charge in [0.05, 0.1) is 13.2 Å². The van der Waals surface area contributed by atoms with Crippen molar-refractivity contribution in [1.82, 2.24) is 0 Å². The molecule has 1 fully saturated rings. The Morgan fingerprint density at radius 2 is 0.486 bits per heavy atom. The Labute approximate surface area is 646 Å². The summed E-state index contributed by atoms with van der Waals surface area (Å²) in [6, 6.07) is 62.2. The van der Waals surface area contributed by atoms with Crippen LogP contribution in [0.4, 0.5) is 0 Å². The molecule has 1 aliphatic heterocycles. The summed E-state index contributed by atoms with van der Waals surface area (Å²) < 4.78 is 72.1. The number of rotatable bonds is 14. The van der Waals surface area contributed by atoms with E-state index in [-0.39, 0.29) is 34.9 Å². The highest BCUT2D eigenvalue weighted by Crippen LogP contribution is 2.51. The zero-order valence-electron chi connectivity index (χ0n) is 70.5. The van der Waals surface area contributed by atoms with Crippen LogP contribution >= 0.6 is 16.5 Å². The van der Waals surface area contributed by atoms with Gasteiger partial charge in [-0.15, -0.1) is 0 Å². The Balaban J connectivity index is 1.29. The van der Waals surface area contributed by atoms with Gasteiger partial charge in [-0.2, -0.15) is 0 Å². The van der Waals surface area contributed by atoms with Crippen molar-refractivity contribution in [3.8, 4) is 0 Å². The predicted molar refractivity (Wildman–Crippen MR) is 459 cm³/mol. The van der Waals surface area contributed by atoms with E-state index in [1.54, 1.807) is 0 Å². The van der Waals surface area contributed by atoms with Crippen LogP contribution in [0.5, 0.6) is 0 Å². The minimum Gasteiger partial charge on any atom is -0.405 e. The molecule has 9 nitrogen and oxygen atoms in total. The van der Waals surface area contributed by atoms with Gasteiger partial charge in [0.25, 0.3) is 16.6 Å². The van der Waals surface area contributed by atoms with Crippen molar-refractivity contribution in [1.29, 1.82) is 0 Å². The molecule has 0 radical (unpaired) electrons. The molecule has 1 aliphatic rings. The molecule has 4 atom stereocenters. The van der Waals surface area contributed by atoms with Crippen LogP contribution in [0.3, 0.4) is 0 Å². The van der Waals surface area contributed by atoms with E-state index in [4.69, 9.17) is 39.4 Å². The van der Waals surface area contributed by atoms with Crippen LogP contribution in [0.15, 0.2) is 187 Å². The standard InChI is InChI=1S/C94H126O9P2Si2/c1-85(2,3)61-51-69-70-52-62(86(4,5)6)56-74(90(16,17)18)80(70)99-104(98-79(69)73(55-61)89(13,14)15)102-83-77(59-95-106(93(25,26)27,65-43-35-31-36-44-65)66-45-37-32-38-46-66)97-78(60-96-107(94(28,29)30,67-47-39-33-40-48-67)68-49-41-34-42-50-68)84(83)103-105-100-81-71(53-63(87(7,8)9)57-75(81)91(19,20)21)72-54-64(88(10,11)12)58-76(82(72)101-105)92(22,23)24/h31-58,77-78,83-84H,59-60H2,1-30H3/t77-,78?,83+,84+/m1/s1. The van der Waals surface area contributed by atoms with Crippen LogP contribution in [-0.4, -0.2) is 54.3 Å². The Morgan fingerprint density at radius 3 is 0.664 bits per heavy atom. The van der Waals surface area contributed by atoms with E-state index < -0.39 is 89.3 Å². The van der Waals surface area contributed by atoms with Crippen molar-refractivity contribution < 1.29 is 39.4 Å². The molecule has 0 bridgehead atoms. The van der Waals surface area contributed by atoms with Crippen molar-refractivity contribution in [2.24, 2.45) is 0 Å². The third-order valence-corrected chi connectivity index (χ3v) is 34.0. The average molecular weight is 1520 g/mol. The maximum Gasteiger partial charge on any atom is 0.387 e. The molecule has 0 N–H and O–H groups in total. The summed E-state index contributed by atoms with van der Waals surface area (Å²) in [6.07, 6.45) is -3.68. The molecule has 11 rings (SSSR count). The number of hydrogen-bond donors (Lipinski definition) is 0. The molecule has 2 aromatic heterocycles. The molecular formula is C94H126O9P2Si2. The van der Waals surface area contributed by atoms with Gasteiger partial charge in [-0.05, 0) is 121 Å². The van der Waals surface area contributed by atoms with E-state index in [9.17, 15) is 0 Å². The second-order valence-corrected chi connectivity index (χ2v) is 51.4. The summed E-state index contributed by atoms with van der Waals surface area (Å²) in [5.41, 5.74) is 9.47. The SMILES string of the molecule is CC(C)(C)c1cc(C(C)(C)C)c2op(O[C@H]3[C@@H](CO[Si](c4ccccc4)(c4ccccc4)C(C)(C)C)OC(CO[Si](c4ccccc4)(c4ccccc4)C(C)(C)C)[C@@H]3Op3oc4c(C(C)(C)C)cc(C(C)(C)C)cc4c4cc(C(C)(C)C)cc(C(C)(C)C)c4o3)oc3c(C(C)(C)C)cc(C(C)(C)C)cc3c2c1. The fourth-order valence-electron chi connectivity index (χ4n) is 15.6. The molecule has 8 aromatic carbocycles. The smallest absolute Gasteiger partial charge is 0.387 e. The van der Waals surface area contributed by atoms with Gasteiger partial charge in [0, 0.05) is 43.8 Å². The summed E-state index contributed by atoms with van der Waals surface area (Å²) in [7, 11) is -11.5. The zero-order valence-corrected chi connectivity index (χ0v) is 74.2. The van der Waals surface area contributed by atoms with Crippen LogP contribution in [0.2, 0.25) is 10.1 Å². The van der Waals surface area contributed by atoms with Crippen LogP contribution in [0.25, 0.3) is 43.9 Å². The molecule has 3 heterocycles. The van der Waals surface area contributed by atoms with Gasteiger partial charge >= 0.3 is 16.5 Å². The predicted octanol–water partition coefficient (Wildman–Crippen LogP) is 24.5. The number of benzene rings is 8. The van der Waals surface area contributed by atoms with Crippen molar-refractivity contribution in [3.63, 3.8) is 0 Å². The second-order valence-electron chi connectivity index (χ2n) is 40.7. The molecule has 0 spiro atoms. The molecule has 13 heteroatoms. The third kappa shape index (κ3) is 16.6. The van der Waals surface area contributed by atoms with Crippen molar-refractivity contribution in [2.45, 2.75) is 286 Å². The lowest BCUT2D eigenvalue weighted by Crippen LogP contribution is -2.67. The Hall–Kier alpha value is -6.21. The quantitative estimate of drug-likeness (QED) is 0.0986. The molecule has 0 saturated carbocycles. The number of fused-ring (bicyclic) bond motifs is 6. The highest BCUT2D eigenvalue weighted by molar-refractivity contribution is 7.32. The van der Waals surface area contributed by atoms with Gasteiger partial charge in [-0.3, -0.25) is 9.05 Å². The highest BCUT2D eigenvalue weighted by atomic mass is 31.1. The first-order chi connectivity index (χ1) is 49.3. The first-order valence-electron chi connectivity index (χ1n) is 38.9. The van der Waals surface area contributed by atoms with Gasteiger partial charge in [-0.25, -0.2) is 0 Å². The van der Waals surface area contributed by atoms with E-state index in [0.717, 1.165) is 86.9 Å². The van der Waals surface area contributed by atoms with Crippen molar-refractivity contribution in [3.05, 3.63) is 214 Å². The summed E-state index contributed by atoms with van der Waals surface area (Å²) in [6.45, 7) is 69.0. The minimum absolute atomic E-state index is 0.0903. The molecule has 574 valence electrons. The lowest BCUT2D eigenvalue weighted by molar-refractivity contribution is -0.0266. The van der Waals surface area contributed by atoms with Gasteiger partial charge in [0.15, 0.2) is 0 Å². The molecular weight excluding hydrogens is 1390 g/mol. The van der Waals surface area contributed by atoms with Crippen LogP contribution in [0, 0.1) is 0 Å². The molecule has 0 amide bonds. The van der Waals surface area contributed by atoms with Crippen molar-refractivity contribution in [2.75, 3.05) is 13.2 Å². The fraction of sp³-hybridized carbons (Fsp3) is 0.489.